The summed E-state index contributed by atoms with van der Waals surface area (Å²) in [5, 5.41) is 16.6. The molecule has 1 aromatic heterocycles. The number of carboxylic acid groups (broad SMARTS) is 1. The molecule has 1 aliphatic heterocycles. The average Bonchev–Trinajstić information content (AvgIpc) is 2.94. The molecule has 2 rings (SSSR count). The summed E-state index contributed by atoms with van der Waals surface area (Å²) in [5.41, 5.74) is 6.08. The van der Waals surface area contributed by atoms with E-state index in [0.717, 1.165) is 0 Å². The van der Waals surface area contributed by atoms with Crippen LogP contribution in [0.1, 0.15) is 12.6 Å². The van der Waals surface area contributed by atoms with Crippen molar-refractivity contribution in [3.63, 3.8) is 0 Å². The van der Waals surface area contributed by atoms with Crippen LogP contribution in [0.4, 0.5) is 0 Å². The third-order valence-electron chi connectivity index (χ3n) is 3.66. The maximum Gasteiger partial charge on any atom is 0.320 e. The summed E-state index contributed by atoms with van der Waals surface area (Å²) >= 11 is 0. The van der Waals surface area contributed by atoms with E-state index in [1.807, 2.05) is 4.90 Å². The first-order valence-electron chi connectivity index (χ1n) is 6.85. The Balaban J connectivity index is 1.84. The molecule has 1 aromatic rings. The van der Waals surface area contributed by atoms with Gasteiger partial charge in [-0.1, -0.05) is 5.21 Å². The highest BCUT2D eigenvalue weighted by molar-refractivity contribution is 5.76. The van der Waals surface area contributed by atoms with Crippen molar-refractivity contribution in [2.24, 2.45) is 5.73 Å². The average molecular weight is 296 g/mol. The van der Waals surface area contributed by atoms with E-state index in [1.165, 1.54) is 4.68 Å². The lowest BCUT2D eigenvalue weighted by molar-refractivity contribution is -0.144. The van der Waals surface area contributed by atoms with Crippen LogP contribution < -0.4 is 5.73 Å². The summed E-state index contributed by atoms with van der Waals surface area (Å²) in [5.74, 6) is -0.891. The fourth-order valence-electron chi connectivity index (χ4n) is 2.26. The number of rotatable bonds is 5. The Morgan fingerprint density at radius 1 is 1.38 bits per heavy atom. The summed E-state index contributed by atoms with van der Waals surface area (Å²) in [6.07, 6.45) is 1.65. The molecular formula is C12H20N6O3. The van der Waals surface area contributed by atoms with E-state index in [9.17, 15) is 9.59 Å². The Morgan fingerprint density at radius 2 is 2.05 bits per heavy atom. The van der Waals surface area contributed by atoms with Gasteiger partial charge in [0.2, 0.25) is 5.91 Å². The van der Waals surface area contributed by atoms with Crippen LogP contribution >= 0.6 is 0 Å². The lowest BCUT2D eigenvalue weighted by Gasteiger charge is -2.36. The molecule has 3 N–H and O–H groups in total. The molecule has 1 unspecified atom stereocenters. The molecule has 9 nitrogen and oxygen atoms in total. The molecule has 21 heavy (non-hydrogen) atoms. The number of carbonyl (C=O) groups is 2. The molecule has 0 saturated carbocycles. The number of carboxylic acids is 1. The highest BCUT2D eigenvalue weighted by Crippen LogP contribution is 2.07. The molecular weight excluding hydrogens is 276 g/mol. The van der Waals surface area contributed by atoms with Gasteiger partial charge in [-0.15, -0.1) is 5.10 Å². The van der Waals surface area contributed by atoms with Crippen LogP contribution in [0.25, 0.3) is 0 Å². The summed E-state index contributed by atoms with van der Waals surface area (Å²) in [6, 6.07) is -0.523. The van der Waals surface area contributed by atoms with Gasteiger partial charge in [0.05, 0.1) is 11.9 Å². The van der Waals surface area contributed by atoms with Crippen LogP contribution in [-0.2, 0) is 22.7 Å². The number of carbonyl (C=O) groups excluding carboxylic acids is 1. The lowest BCUT2D eigenvalue weighted by atomic mass is 10.2. The van der Waals surface area contributed by atoms with E-state index in [0.29, 0.717) is 38.4 Å². The largest absolute Gasteiger partial charge is 0.480 e. The zero-order valence-corrected chi connectivity index (χ0v) is 12.0. The van der Waals surface area contributed by atoms with Crippen LogP contribution in [0.2, 0.25) is 0 Å². The van der Waals surface area contributed by atoms with E-state index in [-0.39, 0.29) is 12.5 Å². The topological polar surface area (TPSA) is 118 Å². The van der Waals surface area contributed by atoms with Crippen molar-refractivity contribution in [1.82, 2.24) is 24.8 Å². The number of nitrogens with zero attached hydrogens (tertiary/aromatic N) is 5. The van der Waals surface area contributed by atoms with Crippen LogP contribution in [0.5, 0.6) is 0 Å². The highest BCUT2D eigenvalue weighted by Gasteiger charge is 2.27. The van der Waals surface area contributed by atoms with Gasteiger partial charge in [0.25, 0.3) is 0 Å². The Bertz CT molecular complexity index is 509. The van der Waals surface area contributed by atoms with Gasteiger partial charge < -0.3 is 15.7 Å². The van der Waals surface area contributed by atoms with Crippen molar-refractivity contribution >= 4 is 11.9 Å². The normalized spacial score (nSPS) is 17.7. The van der Waals surface area contributed by atoms with E-state index in [1.54, 1.807) is 18.0 Å². The predicted octanol–water partition coefficient (Wildman–Crippen LogP) is -1.65. The summed E-state index contributed by atoms with van der Waals surface area (Å²) in [7, 11) is 0. The van der Waals surface area contributed by atoms with Gasteiger partial charge in [-0.25, -0.2) is 4.68 Å². The van der Waals surface area contributed by atoms with Gasteiger partial charge >= 0.3 is 5.97 Å². The number of nitrogens with two attached hydrogens (primary N) is 1. The molecule has 0 aliphatic carbocycles. The second kappa shape index (κ2) is 6.64. The monoisotopic (exact) mass is 296 g/mol. The molecule has 0 spiro atoms. The first kappa shape index (κ1) is 15.4. The molecule has 1 aliphatic rings. The maximum atomic E-state index is 12.1. The SMILES string of the molecule is CC(C(=O)O)N1CCN(C(=O)Cn2cc(CN)nn2)CC1. The van der Waals surface area contributed by atoms with E-state index in [2.05, 4.69) is 10.3 Å². The van der Waals surface area contributed by atoms with Crippen LogP contribution in [0.3, 0.4) is 0 Å². The number of hydrogen-bond donors (Lipinski definition) is 2. The predicted molar refractivity (Wildman–Crippen MR) is 73.2 cm³/mol. The van der Waals surface area contributed by atoms with E-state index in [4.69, 9.17) is 10.8 Å². The van der Waals surface area contributed by atoms with Crippen molar-refractivity contribution in [2.45, 2.75) is 26.1 Å². The molecule has 2 heterocycles. The van der Waals surface area contributed by atoms with Gasteiger partial charge in [-0.2, -0.15) is 0 Å². The van der Waals surface area contributed by atoms with Gasteiger partial charge in [-0.3, -0.25) is 14.5 Å². The number of hydrogen-bond acceptors (Lipinski definition) is 6. The minimum Gasteiger partial charge on any atom is -0.480 e. The number of piperazine rings is 1. The molecule has 0 bridgehead atoms. The highest BCUT2D eigenvalue weighted by atomic mass is 16.4. The van der Waals surface area contributed by atoms with Gasteiger partial charge in [0.15, 0.2) is 0 Å². The van der Waals surface area contributed by atoms with E-state index < -0.39 is 12.0 Å². The van der Waals surface area contributed by atoms with Gasteiger partial charge in [0, 0.05) is 32.7 Å². The molecule has 9 heteroatoms. The summed E-state index contributed by atoms with van der Waals surface area (Å²) < 4.78 is 1.47. The van der Waals surface area contributed by atoms with Crippen LogP contribution in [-0.4, -0.2) is 74.0 Å². The summed E-state index contributed by atoms with van der Waals surface area (Å²) in [4.78, 5) is 26.7. The van der Waals surface area contributed by atoms with Crippen LogP contribution in [0, 0.1) is 0 Å². The lowest BCUT2D eigenvalue weighted by Crippen LogP contribution is -2.53. The Hall–Kier alpha value is -2.00. The zero-order valence-electron chi connectivity index (χ0n) is 12.0. The Kier molecular flexibility index (Phi) is 4.86. The van der Waals surface area contributed by atoms with Gasteiger partial charge in [-0.05, 0) is 6.92 Å². The van der Waals surface area contributed by atoms with E-state index >= 15 is 0 Å². The molecule has 1 amide bonds. The maximum absolute atomic E-state index is 12.1. The number of amides is 1. The second-order valence-electron chi connectivity index (χ2n) is 5.04. The van der Waals surface area contributed by atoms with Crippen molar-refractivity contribution in [3.8, 4) is 0 Å². The third kappa shape index (κ3) is 3.76. The number of aromatic nitrogens is 3. The molecule has 1 atom stereocenters. The van der Waals surface area contributed by atoms with Crippen molar-refractivity contribution in [3.05, 3.63) is 11.9 Å². The van der Waals surface area contributed by atoms with Crippen molar-refractivity contribution in [1.29, 1.82) is 0 Å². The van der Waals surface area contributed by atoms with Gasteiger partial charge in [0.1, 0.15) is 12.6 Å². The fraction of sp³-hybridized carbons (Fsp3) is 0.667. The smallest absolute Gasteiger partial charge is 0.320 e. The second-order valence-corrected chi connectivity index (χ2v) is 5.04. The minimum absolute atomic E-state index is 0.0499. The molecule has 0 radical (unpaired) electrons. The van der Waals surface area contributed by atoms with Crippen LogP contribution in [0.15, 0.2) is 6.20 Å². The first-order valence-corrected chi connectivity index (χ1v) is 6.85. The minimum atomic E-state index is -0.841. The molecule has 1 saturated heterocycles. The standard InChI is InChI=1S/C12H20N6O3/c1-9(12(20)21)16-2-4-17(5-3-16)11(19)8-18-7-10(6-13)14-15-18/h7,9H,2-6,8,13H2,1H3,(H,20,21). The zero-order chi connectivity index (χ0) is 15.4. The van der Waals surface area contributed by atoms with Crippen molar-refractivity contribution < 1.29 is 14.7 Å². The molecule has 116 valence electrons. The third-order valence-corrected chi connectivity index (χ3v) is 3.66. The molecule has 0 aromatic carbocycles. The Morgan fingerprint density at radius 3 is 2.57 bits per heavy atom. The Labute approximate surface area is 122 Å². The fourth-order valence-corrected chi connectivity index (χ4v) is 2.26. The number of aliphatic carboxylic acids is 1. The summed E-state index contributed by atoms with van der Waals surface area (Å²) in [6.45, 7) is 4.24. The first-order chi connectivity index (χ1) is 10.0. The molecule has 1 fully saturated rings. The quantitative estimate of drug-likeness (QED) is 0.668. The van der Waals surface area contributed by atoms with Crippen molar-refractivity contribution in [2.75, 3.05) is 26.2 Å².